The standard InChI is InChI=1S/C12H12ClN3/c1-8-5-6-10(9(13)7-8)15-12-4-2-3-11(14)16-12/h2-7H,1H3,(H3,14,15,16). The second-order valence-electron chi connectivity index (χ2n) is 3.56. The SMILES string of the molecule is Cc1ccc(Nc2cccc(N)n2)c(Cl)c1. The first kappa shape index (κ1) is 10.8. The molecule has 2 aromatic rings. The van der Waals surface area contributed by atoms with E-state index in [1.807, 2.05) is 37.3 Å². The zero-order valence-electron chi connectivity index (χ0n) is 8.87. The van der Waals surface area contributed by atoms with Crippen LogP contribution in [0.1, 0.15) is 5.56 Å². The lowest BCUT2D eigenvalue weighted by atomic mass is 10.2. The van der Waals surface area contributed by atoms with Gasteiger partial charge in [0.05, 0.1) is 10.7 Å². The Bertz CT molecular complexity index is 511. The van der Waals surface area contributed by atoms with E-state index in [1.165, 1.54) is 0 Å². The summed E-state index contributed by atoms with van der Waals surface area (Å²) in [4.78, 5) is 4.14. The number of aryl methyl sites for hydroxylation is 1. The van der Waals surface area contributed by atoms with Crippen molar-refractivity contribution in [1.82, 2.24) is 4.98 Å². The molecule has 0 unspecified atom stereocenters. The second-order valence-corrected chi connectivity index (χ2v) is 3.96. The molecule has 1 aromatic heterocycles. The van der Waals surface area contributed by atoms with Crippen molar-refractivity contribution in [1.29, 1.82) is 0 Å². The maximum atomic E-state index is 6.10. The molecule has 1 aromatic carbocycles. The van der Waals surface area contributed by atoms with Gasteiger partial charge in [0.15, 0.2) is 0 Å². The van der Waals surface area contributed by atoms with Crippen LogP contribution < -0.4 is 11.1 Å². The fraction of sp³-hybridized carbons (Fsp3) is 0.0833. The van der Waals surface area contributed by atoms with Crippen LogP contribution in [0.2, 0.25) is 5.02 Å². The lowest BCUT2D eigenvalue weighted by Crippen LogP contribution is -1.97. The smallest absolute Gasteiger partial charge is 0.132 e. The number of nitrogens with one attached hydrogen (secondary N) is 1. The molecule has 0 aliphatic carbocycles. The number of nitrogens with zero attached hydrogens (tertiary/aromatic N) is 1. The lowest BCUT2D eigenvalue weighted by molar-refractivity contribution is 1.31. The van der Waals surface area contributed by atoms with E-state index in [2.05, 4.69) is 10.3 Å². The molecular weight excluding hydrogens is 222 g/mol. The van der Waals surface area contributed by atoms with Gasteiger partial charge in [-0.2, -0.15) is 0 Å². The highest BCUT2D eigenvalue weighted by atomic mass is 35.5. The molecule has 0 aliphatic rings. The normalized spacial score (nSPS) is 10.1. The summed E-state index contributed by atoms with van der Waals surface area (Å²) in [7, 11) is 0. The highest BCUT2D eigenvalue weighted by Crippen LogP contribution is 2.25. The van der Waals surface area contributed by atoms with Crippen molar-refractivity contribution in [2.24, 2.45) is 0 Å². The largest absolute Gasteiger partial charge is 0.384 e. The number of nitrogens with two attached hydrogens (primary N) is 1. The van der Waals surface area contributed by atoms with Crippen LogP contribution in [-0.2, 0) is 0 Å². The number of halogens is 1. The number of nitrogen functional groups attached to an aromatic ring is 1. The average molecular weight is 234 g/mol. The molecule has 16 heavy (non-hydrogen) atoms. The highest BCUT2D eigenvalue weighted by Gasteiger charge is 2.01. The Kier molecular flexibility index (Phi) is 2.97. The summed E-state index contributed by atoms with van der Waals surface area (Å²) in [6.07, 6.45) is 0. The molecule has 0 spiro atoms. The number of hydrogen-bond donors (Lipinski definition) is 2. The maximum absolute atomic E-state index is 6.10. The fourth-order valence-corrected chi connectivity index (χ4v) is 1.66. The molecular formula is C12H12ClN3. The molecule has 3 nitrogen and oxygen atoms in total. The van der Waals surface area contributed by atoms with Crippen molar-refractivity contribution in [2.45, 2.75) is 6.92 Å². The van der Waals surface area contributed by atoms with Gasteiger partial charge in [0.25, 0.3) is 0 Å². The Morgan fingerprint density at radius 2 is 2.06 bits per heavy atom. The summed E-state index contributed by atoms with van der Waals surface area (Å²) < 4.78 is 0. The van der Waals surface area contributed by atoms with Gasteiger partial charge in [-0.3, -0.25) is 0 Å². The number of hydrogen-bond acceptors (Lipinski definition) is 3. The van der Waals surface area contributed by atoms with Crippen molar-refractivity contribution in [2.75, 3.05) is 11.1 Å². The Hall–Kier alpha value is -1.74. The fourth-order valence-electron chi connectivity index (χ4n) is 1.38. The number of pyridine rings is 1. The molecule has 0 amide bonds. The Balaban J connectivity index is 2.27. The van der Waals surface area contributed by atoms with Gasteiger partial charge in [-0.05, 0) is 36.8 Å². The van der Waals surface area contributed by atoms with Crippen molar-refractivity contribution >= 4 is 28.9 Å². The molecule has 0 saturated carbocycles. The van der Waals surface area contributed by atoms with Gasteiger partial charge >= 0.3 is 0 Å². The van der Waals surface area contributed by atoms with E-state index in [9.17, 15) is 0 Å². The minimum atomic E-state index is 0.480. The molecule has 0 bridgehead atoms. The molecule has 0 fully saturated rings. The zero-order chi connectivity index (χ0) is 11.5. The summed E-state index contributed by atoms with van der Waals surface area (Å²) >= 11 is 6.10. The number of rotatable bonds is 2. The number of benzene rings is 1. The summed E-state index contributed by atoms with van der Waals surface area (Å²) in [6.45, 7) is 1.99. The van der Waals surface area contributed by atoms with Crippen LogP contribution in [-0.4, -0.2) is 4.98 Å². The molecule has 0 atom stereocenters. The van der Waals surface area contributed by atoms with E-state index in [0.717, 1.165) is 11.3 Å². The van der Waals surface area contributed by atoms with Crippen LogP contribution in [0.15, 0.2) is 36.4 Å². The van der Waals surface area contributed by atoms with E-state index in [1.54, 1.807) is 6.07 Å². The van der Waals surface area contributed by atoms with E-state index in [0.29, 0.717) is 16.7 Å². The van der Waals surface area contributed by atoms with E-state index >= 15 is 0 Å². The molecule has 82 valence electrons. The summed E-state index contributed by atoms with van der Waals surface area (Å²) in [5.41, 5.74) is 7.54. The van der Waals surface area contributed by atoms with Crippen molar-refractivity contribution in [3.8, 4) is 0 Å². The minimum absolute atomic E-state index is 0.480. The van der Waals surface area contributed by atoms with Crippen molar-refractivity contribution in [3.63, 3.8) is 0 Å². The third-order valence-corrected chi connectivity index (χ3v) is 2.47. The molecule has 0 aliphatic heterocycles. The third-order valence-electron chi connectivity index (χ3n) is 2.16. The third kappa shape index (κ3) is 2.44. The predicted molar refractivity (Wildman–Crippen MR) is 68.1 cm³/mol. The van der Waals surface area contributed by atoms with Crippen LogP contribution in [0.5, 0.6) is 0 Å². The predicted octanol–water partition coefficient (Wildman–Crippen LogP) is 3.37. The van der Waals surface area contributed by atoms with Crippen LogP contribution in [0.3, 0.4) is 0 Å². The second kappa shape index (κ2) is 4.41. The van der Waals surface area contributed by atoms with E-state index < -0.39 is 0 Å². The monoisotopic (exact) mass is 233 g/mol. The molecule has 0 radical (unpaired) electrons. The van der Waals surface area contributed by atoms with E-state index in [4.69, 9.17) is 17.3 Å². The van der Waals surface area contributed by atoms with Gasteiger partial charge in [0, 0.05) is 0 Å². The van der Waals surface area contributed by atoms with Crippen LogP contribution in [0, 0.1) is 6.92 Å². The molecule has 4 heteroatoms. The molecule has 3 N–H and O–H groups in total. The first-order valence-electron chi connectivity index (χ1n) is 4.91. The van der Waals surface area contributed by atoms with Gasteiger partial charge in [-0.1, -0.05) is 23.7 Å². The Labute approximate surface area is 99.3 Å². The Morgan fingerprint density at radius 1 is 1.25 bits per heavy atom. The van der Waals surface area contributed by atoms with Gasteiger partial charge in [0.2, 0.25) is 0 Å². The summed E-state index contributed by atoms with van der Waals surface area (Å²) in [5.74, 6) is 1.17. The summed E-state index contributed by atoms with van der Waals surface area (Å²) in [6, 6.07) is 11.2. The van der Waals surface area contributed by atoms with E-state index in [-0.39, 0.29) is 0 Å². The molecule has 2 rings (SSSR count). The number of aromatic nitrogens is 1. The number of anilines is 3. The molecule has 1 heterocycles. The van der Waals surface area contributed by atoms with Gasteiger partial charge in [-0.25, -0.2) is 4.98 Å². The van der Waals surface area contributed by atoms with Crippen molar-refractivity contribution < 1.29 is 0 Å². The van der Waals surface area contributed by atoms with Crippen LogP contribution in [0.25, 0.3) is 0 Å². The Morgan fingerprint density at radius 3 is 2.75 bits per heavy atom. The quantitative estimate of drug-likeness (QED) is 0.836. The van der Waals surface area contributed by atoms with Gasteiger partial charge in [-0.15, -0.1) is 0 Å². The topological polar surface area (TPSA) is 50.9 Å². The average Bonchev–Trinajstić information content (AvgIpc) is 2.22. The van der Waals surface area contributed by atoms with Crippen LogP contribution >= 0.6 is 11.6 Å². The van der Waals surface area contributed by atoms with Crippen molar-refractivity contribution in [3.05, 3.63) is 47.0 Å². The maximum Gasteiger partial charge on any atom is 0.132 e. The first-order valence-corrected chi connectivity index (χ1v) is 5.28. The van der Waals surface area contributed by atoms with Gasteiger partial charge < -0.3 is 11.1 Å². The first-order chi connectivity index (χ1) is 7.65. The zero-order valence-corrected chi connectivity index (χ0v) is 9.62. The minimum Gasteiger partial charge on any atom is -0.384 e. The van der Waals surface area contributed by atoms with Gasteiger partial charge in [0.1, 0.15) is 11.6 Å². The van der Waals surface area contributed by atoms with Crippen LogP contribution in [0.4, 0.5) is 17.3 Å². The lowest BCUT2D eigenvalue weighted by Gasteiger charge is -2.08. The molecule has 0 saturated heterocycles. The highest BCUT2D eigenvalue weighted by molar-refractivity contribution is 6.33. The summed E-state index contributed by atoms with van der Waals surface area (Å²) in [5, 5.41) is 3.79.